The molecule has 1 aliphatic rings. The predicted octanol–water partition coefficient (Wildman–Crippen LogP) is 1.83. The Kier molecular flexibility index (Phi) is 6.05. The number of rotatable bonds is 3. The number of nitro groups is 1. The number of carboxylic acids is 2. The van der Waals surface area contributed by atoms with Gasteiger partial charge in [-0.3, -0.25) is 10.1 Å². The number of carboxylic acid groups (broad SMARTS) is 2. The van der Waals surface area contributed by atoms with E-state index in [0.29, 0.717) is 11.1 Å². The van der Waals surface area contributed by atoms with E-state index in [-0.39, 0.29) is 29.0 Å². The lowest BCUT2D eigenvalue weighted by atomic mass is 10.1. The van der Waals surface area contributed by atoms with Crippen LogP contribution < -0.4 is 5.32 Å². The molecule has 0 atom stereocenters. The maximum Gasteiger partial charge on any atom is 0.333 e. The number of phenols is 1. The van der Waals surface area contributed by atoms with Crippen LogP contribution in [0.1, 0.15) is 17.5 Å². The van der Waals surface area contributed by atoms with Crippen LogP contribution in [0.4, 0.5) is 5.69 Å². The third-order valence-electron chi connectivity index (χ3n) is 3.25. The Hall–Kier alpha value is -3.36. The molecule has 9 heteroatoms. The zero-order valence-corrected chi connectivity index (χ0v) is 12.9. The number of hydrogen-bond donors (Lipinski definition) is 4. The van der Waals surface area contributed by atoms with Gasteiger partial charge < -0.3 is 20.6 Å². The number of nitro benzene ring substituents is 1. The Morgan fingerprint density at radius 3 is 2.04 bits per heavy atom. The molecule has 128 valence electrons. The number of nitrogens with one attached hydrogen (secondary N) is 1. The van der Waals surface area contributed by atoms with Crippen molar-refractivity contribution in [2.45, 2.75) is 20.3 Å². The fraction of sp³-hybridized carbons (Fsp3) is 0.200. The third kappa shape index (κ3) is 4.57. The maximum absolute atomic E-state index is 10.4. The van der Waals surface area contributed by atoms with Crippen LogP contribution in [0, 0.1) is 24.0 Å². The summed E-state index contributed by atoms with van der Waals surface area (Å²) in [6.45, 7) is 3.23. The molecule has 0 fully saturated rings. The van der Waals surface area contributed by atoms with Crippen LogP contribution >= 0.6 is 0 Å². The Labute approximate surface area is 136 Å². The topological polar surface area (TPSA) is 150 Å². The van der Waals surface area contributed by atoms with Crippen LogP contribution in [0.2, 0.25) is 0 Å². The van der Waals surface area contributed by atoms with Crippen molar-refractivity contribution in [3.63, 3.8) is 0 Å². The molecule has 0 radical (unpaired) electrons. The monoisotopic (exact) mass is 336 g/mol. The van der Waals surface area contributed by atoms with E-state index in [1.807, 2.05) is 0 Å². The highest BCUT2D eigenvalue weighted by atomic mass is 16.6. The smallest absolute Gasteiger partial charge is 0.333 e. The van der Waals surface area contributed by atoms with Gasteiger partial charge in [0.05, 0.1) is 21.6 Å². The first kappa shape index (κ1) is 18.7. The van der Waals surface area contributed by atoms with Gasteiger partial charge in [0.15, 0.2) is 0 Å². The molecule has 1 aromatic carbocycles. The summed E-state index contributed by atoms with van der Waals surface area (Å²) >= 11 is 0. The number of phenolic OH excluding ortho intramolecular Hbond substituents is 1. The fourth-order valence-corrected chi connectivity index (χ4v) is 1.85. The van der Waals surface area contributed by atoms with Crippen molar-refractivity contribution < 1.29 is 29.8 Å². The molecule has 0 saturated heterocycles. The van der Waals surface area contributed by atoms with Crippen LogP contribution in [-0.4, -0.2) is 32.2 Å². The lowest BCUT2D eigenvalue weighted by Crippen LogP contribution is -2.16. The molecule has 1 heterocycles. The van der Waals surface area contributed by atoms with Gasteiger partial charge >= 0.3 is 11.9 Å². The molecule has 0 spiro atoms. The second kappa shape index (κ2) is 7.77. The highest BCUT2D eigenvalue weighted by Gasteiger charge is 2.17. The molecule has 0 saturated carbocycles. The molecule has 9 nitrogen and oxygen atoms in total. The van der Waals surface area contributed by atoms with E-state index in [2.05, 4.69) is 5.32 Å². The van der Waals surface area contributed by atoms with Crippen molar-refractivity contribution in [3.05, 3.63) is 56.9 Å². The number of dihydropyridines is 1. The minimum Gasteiger partial charge on any atom is -0.507 e. The first-order valence-electron chi connectivity index (χ1n) is 6.69. The first-order valence-corrected chi connectivity index (χ1v) is 6.69. The van der Waals surface area contributed by atoms with E-state index in [0.717, 1.165) is 0 Å². The lowest BCUT2D eigenvalue weighted by Gasteiger charge is -2.08. The Morgan fingerprint density at radius 1 is 1.12 bits per heavy atom. The van der Waals surface area contributed by atoms with Crippen molar-refractivity contribution in [2.24, 2.45) is 0 Å². The van der Waals surface area contributed by atoms with Gasteiger partial charge in [-0.05, 0) is 25.5 Å². The van der Waals surface area contributed by atoms with Gasteiger partial charge in [0.2, 0.25) is 0 Å². The molecular weight excluding hydrogens is 320 g/mol. The molecule has 0 aliphatic carbocycles. The second-order valence-corrected chi connectivity index (χ2v) is 4.93. The molecule has 1 aromatic rings. The molecular formula is C15H16N2O7. The first-order chi connectivity index (χ1) is 11.1. The molecule has 1 aliphatic heterocycles. The number of hydrogen-bond acceptors (Lipinski definition) is 6. The van der Waals surface area contributed by atoms with Crippen LogP contribution in [0.25, 0.3) is 0 Å². The van der Waals surface area contributed by atoms with Gasteiger partial charge in [0, 0.05) is 24.9 Å². The number of benzene rings is 1. The van der Waals surface area contributed by atoms with Gasteiger partial charge in [-0.1, -0.05) is 0 Å². The van der Waals surface area contributed by atoms with E-state index in [1.165, 1.54) is 31.5 Å². The van der Waals surface area contributed by atoms with E-state index < -0.39 is 16.9 Å². The highest BCUT2D eigenvalue weighted by molar-refractivity contribution is 5.93. The van der Waals surface area contributed by atoms with Gasteiger partial charge in [0.1, 0.15) is 5.75 Å². The number of aryl methyl sites for hydroxylation is 1. The number of nitrogens with zero attached hydrogens (tertiary/aromatic N) is 1. The van der Waals surface area contributed by atoms with E-state index >= 15 is 0 Å². The quantitative estimate of drug-likeness (QED) is 0.482. The summed E-state index contributed by atoms with van der Waals surface area (Å²) in [7, 11) is 0. The van der Waals surface area contributed by atoms with Crippen molar-refractivity contribution >= 4 is 17.6 Å². The molecule has 4 N–H and O–H groups in total. The maximum atomic E-state index is 10.4. The highest BCUT2D eigenvalue weighted by Crippen LogP contribution is 2.29. The van der Waals surface area contributed by atoms with Crippen LogP contribution in [0.15, 0.2) is 35.7 Å². The minimum absolute atomic E-state index is 0.00389. The van der Waals surface area contributed by atoms with Crippen molar-refractivity contribution in [1.29, 1.82) is 0 Å². The summed E-state index contributed by atoms with van der Waals surface area (Å²) < 4.78 is 0. The minimum atomic E-state index is -1.10. The Balaban J connectivity index is 0.000000240. The second-order valence-electron chi connectivity index (χ2n) is 4.93. The molecule has 0 amide bonds. The number of aromatic hydroxyl groups is 1. The number of carbonyl (C=O) groups is 2. The molecule has 2 rings (SSSR count). The van der Waals surface area contributed by atoms with Crippen molar-refractivity contribution in [2.75, 3.05) is 0 Å². The normalized spacial score (nSPS) is 12.8. The van der Waals surface area contributed by atoms with E-state index in [9.17, 15) is 24.8 Å². The zero-order valence-electron chi connectivity index (χ0n) is 12.9. The summed E-state index contributed by atoms with van der Waals surface area (Å²) in [6, 6.07) is 2.92. The molecule has 24 heavy (non-hydrogen) atoms. The summed E-state index contributed by atoms with van der Waals surface area (Å²) in [6.07, 6.45) is 2.50. The summed E-state index contributed by atoms with van der Waals surface area (Å²) in [5, 5.41) is 39.2. The molecule has 0 aromatic heterocycles. The SMILES string of the molecule is Cc1ccc([N+](=O)[O-])c(C)c1O.O=C(O)C1=CNC=C(C(=O)O)C1. The zero-order chi connectivity index (χ0) is 18.4. The average Bonchev–Trinajstić information content (AvgIpc) is 2.53. The standard InChI is InChI=1S/C8H9NO3.C7H7NO4/c1-5-3-4-7(9(11)12)6(2)8(5)10;9-6(10)4-1-5(7(11)12)3-8-2-4/h3-4,10H,1-2H3;2-3,8H,1H2,(H,9,10)(H,11,12). The van der Waals surface area contributed by atoms with E-state index in [4.69, 9.17) is 10.2 Å². The summed E-state index contributed by atoms with van der Waals surface area (Å²) in [4.78, 5) is 30.7. The summed E-state index contributed by atoms with van der Waals surface area (Å²) in [5.41, 5.74) is 1.03. The Morgan fingerprint density at radius 2 is 1.62 bits per heavy atom. The van der Waals surface area contributed by atoms with Crippen LogP contribution in [-0.2, 0) is 9.59 Å². The third-order valence-corrected chi connectivity index (χ3v) is 3.25. The van der Waals surface area contributed by atoms with Crippen LogP contribution in [0.5, 0.6) is 5.75 Å². The van der Waals surface area contributed by atoms with Gasteiger partial charge in [-0.2, -0.15) is 0 Å². The largest absolute Gasteiger partial charge is 0.507 e. The number of aliphatic carboxylic acids is 2. The predicted molar refractivity (Wildman–Crippen MR) is 83.4 cm³/mol. The molecule has 0 unspecified atom stereocenters. The molecule has 0 bridgehead atoms. The van der Waals surface area contributed by atoms with Gasteiger partial charge in [-0.25, -0.2) is 9.59 Å². The lowest BCUT2D eigenvalue weighted by molar-refractivity contribution is -0.385. The Bertz CT molecular complexity index is 722. The summed E-state index contributed by atoms with van der Waals surface area (Å²) in [5.74, 6) is -2.20. The average molecular weight is 336 g/mol. The fourth-order valence-electron chi connectivity index (χ4n) is 1.85. The van der Waals surface area contributed by atoms with Crippen LogP contribution in [0.3, 0.4) is 0 Å². The van der Waals surface area contributed by atoms with Crippen molar-refractivity contribution in [1.82, 2.24) is 5.32 Å². The van der Waals surface area contributed by atoms with Gasteiger partial charge in [-0.15, -0.1) is 0 Å². The van der Waals surface area contributed by atoms with E-state index in [1.54, 1.807) is 6.92 Å². The van der Waals surface area contributed by atoms with Gasteiger partial charge in [0.25, 0.3) is 5.69 Å². The van der Waals surface area contributed by atoms with Crippen molar-refractivity contribution in [3.8, 4) is 5.75 Å².